The predicted octanol–water partition coefficient (Wildman–Crippen LogP) is 7.09. The van der Waals surface area contributed by atoms with Gasteiger partial charge in [0.25, 0.3) is 0 Å². The molecule has 1 fully saturated rings. The zero-order valence-corrected chi connectivity index (χ0v) is 19.2. The molecule has 1 saturated carbocycles. The van der Waals surface area contributed by atoms with Crippen molar-refractivity contribution in [1.82, 2.24) is 4.98 Å². The van der Waals surface area contributed by atoms with Crippen molar-refractivity contribution >= 4 is 61.8 Å². The highest BCUT2D eigenvalue weighted by molar-refractivity contribution is 9.09. The smallest absolute Gasteiger partial charge is 0.162 e. The molecule has 0 aliphatic heterocycles. The molecular weight excluding hydrogens is 403 g/mol. The first kappa shape index (κ1) is 20.1. The Morgan fingerprint density at radius 2 is 2.04 bits per heavy atom. The van der Waals surface area contributed by atoms with Crippen LogP contribution in [0.1, 0.15) is 38.5 Å². The summed E-state index contributed by atoms with van der Waals surface area (Å²) in [5.41, 5.74) is 1.12. The Morgan fingerprint density at radius 3 is 2.80 bits per heavy atom. The zero-order chi connectivity index (χ0) is 17.5. The van der Waals surface area contributed by atoms with Crippen LogP contribution in [0, 0.1) is 0 Å². The molecule has 2 aromatic rings. The van der Waals surface area contributed by atoms with Crippen molar-refractivity contribution in [1.29, 1.82) is 0 Å². The summed E-state index contributed by atoms with van der Waals surface area (Å²) in [5.74, 6) is 0. The molecule has 0 N–H and O–H groups in total. The number of fused-ring (bicyclic) bond motifs is 1. The molecule has 1 aromatic carbocycles. The van der Waals surface area contributed by atoms with E-state index in [-0.39, 0.29) is 8.80 Å². The van der Waals surface area contributed by atoms with Crippen molar-refractivity contribution in [3.05, 3.63) is 24.3 Å². The first-order valence-corrected chi connectivity index (χ1v) is 15.9. The summed E-state index contributed by atoms with van der Waals surface area (Å²) in [5, 5.41) is 0. The van der Waals surface area contributed by atoms with E-state index in [1.54, 1.807) is 11.3 Å². The van der Waals surface area contributed by atoms with Gasteiger partial charge in [-0.3, -0.25) is 0 Å². The van der Waals surface area contributed by atoms with Crippen LogP contribution in [0.3, 0.4) is 0 Å². The van der Waals surface area contributed by atoms with Crippen LogP contribution in [0.4, 0.5) is 0 Å². The lowest BCUT2D eigenvalue weighted by molar-refractivity contribution is 0.0284. The van der Waals surface area contributed by atoms with Crippen LogP contribution < -0.4 is 0 Å². The van der Waals surface area contributed by atoms with Crippen LogP contribution >= 0.6 is 42.8 Å². The lowest BCUT2D eigenvalue weighted by atomic mass is 9.98. The Labute approximate surface area is 168 Å². The van der Waals surface area contributed by atoms with Gasteiger partial charge in [0, 0.05) is 11.5 Å². The number of nitrogens with zero attached hydrogens (tertiary/aromatic N) is 1. The molecule has 0 saturated heterocycles. The number of hydrogen-bond acceptors (Lipinski definition) is 6. The summed E-state index contributed by atoms with van der Waals surface area (Å²) in [6.07, 6.45) is 8.38. The van der Waals surface area contributed by atoms with E-state index in [1.807, 2.05) is 31.4 Å². The second-order valence-corrected chi connectivity index (χ2v) is 15.4. The van der Waals surface area contributed by atoms with E-state index in [4.69, 9.17) is 9.72 Å². The fraction of sp³-hybridized carbons (Fsp3) is 0.611. The third-order valence-corrected chi connectivity index (χ3v) is 13.7. The van der Waals surface area contributed by atoms with Crippen LogP contribution in [-0.2, 0) is 4.74 Å². The lowest BCUT2D eigenvalue weighted by Crippen LogP contribution is -2.24. The van der Waals surface area contributed by atoms with Crippen molar-refractivity contribution < 1.29 is 4.74 Å². The van der Waals surface area contributed by atoms with Crippen LogP contribution in [0.15, 0.2) is 28.6 Å². The van der Waals surface area contributed by atoms with Crippen LogP contribution in [0.5, 0.6) is 0 Å². The molecule has 0 amide bonds. The van der Waals surface area contributed by atoms with Crippen LogP contribution in [-0.4, -0.2) is 31.4 Å². The van der Waals surface area contributed by atoms with Crippen molar-refractivity contribution in [2.45, 2.75) is 66.9 Å². The number of hydrogen-bond donors (Lipinski definition) is 0. The molecule has 0 spiro atoms. The second-order valence-electron chi connectivity index (χ2n) is 6.68. The topological polar surface area (TPSA) is 22.1 Å². The minimum atomic E-state index is -0.322. The average Bonchev–Trinajstić information content (AvgIpc) is 3.04. The maximum atomic E-state index is 6.14. The van der Waals surface area contributed by atoms with Crippen molar-refractivity contribution in [3.63, 3.8) is 0 Å². The summed E-state index contributed by atoms with van der Waals surface area (Å²) in [6.45, 7) is 5.78. The monoisotopic (exact) mass is 428 g/mol. The zero-order valence-electron chi connectivity index (χ0n) is 14.9. The molecule has 3 rings (SSSR count). The van der Waals surface area contributed by atoms with E-state index in [1.165, 1.54) is 43.2 Å². The van der Waals surface area contributed by atoms with Gasteiger partial charge in [-0.15, -0.1) is 11.3 Å². The third-order valence-electron chi connectivity index (χ3n) is 4.46. The van der Waals surface area contributed by atoms with Crippen LogP contribution in [0.2, 0.25) is 13.1 Å². The Bertz CT molecular complexity index is 612. The Balaban J connectivity index is 1.40. The quantitative estimate of drug-likeness (QED) is 0.313. The van der Waals surface area contributed by atoms with E-state index < -0.39 is 0 Å². The van der Waals surface area contributed by atoms with E-state index in [2.05, 4.69) is 37.4 Å². The standard InChI is InChI=1S/C18H26NOS4Si/c1-25(2)17(12-13-20-14-8-4-3-5-9-14)22-24-23-18-19-15-10-6-7-11-16(15)21-18/h6-7,10-11,14,17H,3-5,8-9,12-13H2,1-2H3. The third kappa shape index (κ3) is 6.47. The Kier molecular flexibility index (Phi) is 8.53. The molecule has 1 aromatic heterocycles. The predicted molar refractivity (Wildman–Crippen MR) is 119 cm³/mol. The number of aromatic nitrogens is 1. The number of benzene rings is 1. The van der Waals surface area contributed by atoms with Gasteiger partial charge in [-0.05, 0) is 52.0 Å². The van der Waals surface area contributed by atoms with Gasteiger partial charge in [-0.25, -0.2) is 4.98 Å². The van der Waals surface area contributed by atoms with Gasteiger partial charge in [-0.1, -0.05) is 55.3 Å². The fourth-order valence-corrected chi connectivity index (χ4v) is 12.6. The van der Waals surface area contributed by atoms with Gasteiger partial charge in [0.1, 0.15) is 0 Å². The molecule has 1 aliphatic rings. The summed E-state index contributed by atoms with van der Waals surface area (Å²) >= 11 is 1.80. The molecule has 137 valence electrons. The van der Waals surface area contributed by atoms with Gasteiger partial charge in [-0.2, -0.15) is 0 Å². The van der Waals surface area contributed by atoms with E-state index >= 15 is 0 Å². The van der Waals surface area contributed by atoms with E-state index in [0.29, 0.717) is 6.10 Å². The molecule has 0 bridgehead atoms. The summed E-state index contributed by atoms with van der Waals surface area (Å²) < 4.78 is 8.59. The van der Waals surface area contributed by atoms with E-state index in [9.17, 15) is 0 Å². The molecule has 2 nitrogen and oxygen atoms in total. The first-order chi connectivity index (χ1) is 12.2. The Hall–Kier alpha value is 0.337. The summed E-state index contributed by atoms with van der Waals surface area (Å²) in [4.78, 5) is 5.45. The first-order valence-electron chi connectivity index (χ1n) is 8.99. The molecule has 25 heavy (non-hydrogen) atoms. The molecule has 1 atom stereocenters. The largest absolute Gasteiger partial charge is 0.378 e. The summed E-state index contributed by atoms with van der Waals surface area (Å²) in [6, 6.07) is 8.39. The SMILES string of the molecule is C[Si](C)C(CCOC1CCCCC1)SSSc1nc2ccccc2s1. The molecule has 1 aliphatic carbocycles. The van der Waals surface area contributed by atoms with E-state index in [0.717, 1.165) is 21.3 Å². The number of rotatable bonds is 9. The van der Waals surface area contributed by atoms with Crippen molar-refractivity contribution in [2.75, 3.05) is 6.61 Å². The van der Waals surface area contributed by atoms with Gasteiger partial charge in [0.15, 0.2) is 4.34 Å². The maximum Gasteiger partial charge on any atom is 0.162 e. The second kappa shape index (κ2) is 10.6. The molecule has 1 heterocycles. The van der Waals surface area contributed by atoms with Gasteiger partial charge in [0.2, 0.25) is 0 Å². The maximum absolute atomic E-state index is 6.14. The van der Waals surface area contributed by atoms with Gasteiger partial charge < -0.3 is 4.74 Å². The number of para-hydroxylation sites is 1. The molecule has 1 unspecified atom stereocenters. The highest BCUT2D eigenvalue weighted by Gasteiger charge is 2.19. The van der Waals surface area contributed by atoms with Crippen LogP contribution in [0.25, 0.3) is 10.2 Å². The summed E-state index contributed by atoms with van der Waals surface area (Å²) in [7, 11) is 5.42. The molecule has 7 heteroatoms. The van der Waals surface area contributed by atoms with Crippen molar-refractivity contribution in [3.8, 4) is 0 Å². The number of ether oxygens (including phenoxy) is 1. The molecule has 1 radical (unpaired) electrons. The highest BCUT2D eigenvalue weighted by Crippen LogP contribution is 2.45. The lowest BCUT2D eigenvalue weighted by Gasteiger charge is -2.24. The fourth-order valence-electron chi connectivity index (χ4n) is 2.99. The highest BCUT2D eigenvalue weighted by atomic mass is 33.5. The van der Waals surface area contributed by atoms with Gasteiger partial charge >= 0.3 is 0 Å². The minimum Gasteiger partial charge on any atom is -0.378 e. The number of thiazole rings is 1. The minimum absolute atomic E-state index is 0.322. The average molecular weight is 429 g/mol. The Morgan fingerprint density at radius 1 is 1.24 bits per heavy atom. The van der Waals surface area contributed by atoms with Crippen molar-refractivity contribution in [2.24, 2.45) is 0 Å². The van der Waals surface area contributed by atoms with Gasteiger partial charge in [0.05, 0.1) is 25.1 Å². The molecular formula is C18H26NOS4Si. The normalized spacial score (nSPS) is 17.4.